The lowest BCUT2D eigenvalue weighted by Crippen LogP contribution is -2.28. The second kappa shape index (κ2) is 13.2. The van der Waals surface area contributed by atoms with Crippen molar-refractivity contribution in [2.75, 3.05) is 11.4 Å². The van der Waals surface area contributed by atoms with Crippen LogP contribution < -0.4 is 10.2 Å². The van der Waals surface area contributed by atoms with Crippen molar-refractivity contribution in [2.45, 2.75) is 6.54 Å². The summed E-state index contributed by atoms with van der Waals surface area (Å²) in [6, 6.07) is 55.0. The predicted octanol–water partition coefficient (Wildman–Crippen LogP) is 12.0. The van der Waals surface area contributed by atoms with Gasteiger partial charge in [0.1, 0.15) is 5.70 Å². The molecule has 0 radical (unpaired) electrons. The van der Waals surface area contributed by atoms with Gasteiger partial charge < -0.3 is 10.2 Å². The number of aromatic nitrogens is 1. The summed E-state index contributed by atoms with van der Waals surface area (Å²) < 4.78 is 0. The highest BCUT2D eigenvalue weighted by Gasteiger charge is 2.30. The minimum absolute atomic E-state index is 0.670. The standard InChI is InChI=1S/C50H36N4/c1-51-49(44-22-10-12-28-52-44)50(45-23-11-13-29-53-45)54-32-37-16-4-5-17-38(37)43-31-36(26-27-46(43)54)48-41-20-8-6-18-39(41)47(40-19-7-9-21-42(40)48)35-25-24-33-14-2-3-15-34(33)30-35/h2-27,29-31,52H,1,28,32H2/b50-49-. The van der Waals surface area contributed by atoms with Gasteiger partial charge in [-0.2, -0.15) is 0 Å². The maximum atomic E-state index is 4.87. The van der Waals surface area contributed by atoms with Gasteiger partial charge in [-0.25, -0.2) is 0 Å². The molecule has 0 amide bonds. The largest absolute Gasteiger partial charge is 0.380 e. The summed E-state index contributed by atoms with van der Waals surface area (Å²) in [6.45, 7) is 5.46. The molecule has 3 heterocycles. The van der Waals surface area contributed by atoms with Gasteiger partial charge >= 0.3 is 0 Å². The number of nitrogens with one attached hydrogen (secondary N) is 1. The molecule has 2 aliphatic rings. The number of allylic oxidation sites excluding steroid dienone is 2. The molecule has 0 fully saturated rings. The van der Waals surface area contributed by atoms with Crippen molar-refractivity contribution in [3.05, 3.63) is 199 Å². The molecule has 0 bridgehead atoms. The highest BCUT2D eigenvalue weighted by atomic mass is 15.2. The maximum absolute atomic E-state index is 4.87. The lowest BCUT2D eigenvalue weighted by Gasteiger charge is -2.36. The van der Waals surface area contributed by atoms with Crippen LogP contribution >= 0.6 is 0 Å². The van der Waals surface area contributed by atoms with Crippen molar-refractivity contribution in [3.8, 4) is 33.4 Å². The van der Waals surface area contributed by atoms with Crippen LogP contribution in [0.15, 0.2) is 192 Å². The minimum atomic E-state index is 0.670. The summed E-state index contributed by atoms with van der Waals surface area (Å²) >= 11 is 0. The van der Waals surface area contributed by atoms with Crippen molar-refractivity contribution >= 4 is 50.4 Å². The molecule has 0 atom stereocenters. The van der Waals surface area contributed by atoms with Crippen molar-refractivity contribution in [1.82, 2.24) is 10.3 Å². The van der Waals surface area contributed by atoms with E-state index in [-0.39, 0.29) is 0 Å². The highest BCUT2D eigenvalue weighted by molar-refractivity contribution is 6.22. The Hall–Kier alpha value is -7.04. The fourth-order valence-corrected chi connectivity index (χ4v) is 8.41. The molecule has 54 heavy (non-hydrogen) atoms. The quantitative estimate of drug-likeness (QED) is 0.139. The van der Waals surface area contributed by atoms with Crippen LogP contribution in [0.4, 0.5) is 5.69 Å². The van der Waals surface area contributed by atoms with E-state index in [9.17, 15) is 0 Å². The van der Waals surface area contributed by atoms with Gasteiger partial charge in [0.15, 0.2) is 0 Å². The summed E-state index contributed by atoms with van der Waals surface area (Å²) in [6.07, 6.45) is 8.08. The Bertz CT molecular complexity index is 2820. The second-order valence-corrected chi connectivity index (χ2v) is 13.8. The van der Waals surface area contributed by atoms with Gasteiger partial charge in [-0.15, -0.1) is 0 Å². The summed E-state index contributed by atoms with van der Waals surface area (Å²) in [5.74, 6) is 0. The Morgan fingerprint density at radius 2 is 1.28 bits per heavy atom. The van der Waals surface area contributed by atoms with Gasteiger partial charge in [-0.05, 0) is 109 Å². The van der Waals surface area contributed by atoms with E-state index in [0.717, 1.165) is 35.0 Å². The summed E-state index contributed by atoms with van der Waals surface area (Å²) in [4.78, 5) is 11.9. The third kappa shape index (κ3) is 5.22. The van der Waals surface area contributed by atoms with Crippen LogP contribution in [0, 0.1) is 0 Å². The first-order valence-corrected chi connectivity index (χ1v) is 18.4. The molecule has 0 unspecified atom stereocenters. The fraction of sp³-hybridized carbons (Fsp3) is 0.0400. The number of anilines is 1. The number of aliphatic imine (C=N–C) groups is 1. The average molecular weight is 693 g/mol. The first-order chi connectivity index (χ1) is 26.8. The van der Waals surface area contributed by atoms with E-state index in [2.05, 4.69) is 180 Å². The zero-order valence-electron chi connectivity index (χ0n) is 29.7. The number of hydrogen-bond donors (Lipinski definition) is 1. The molecular weight excluding hydrogens is 657 g/mol. The van der Waals surface area contributed by atoms with Crippen LogP contribution in [0.2, 0.25) is 0 Å². The zero-order chi connectivity index (χ0) is 36.0. The number of dihydropyridines is 1. The van der Waals surface area contributed by atoms with Crippen LogP contribution in [0.25, 0.3) is 71.4 Å². The molecule has 2 aliphatic heterocycles. The minimum Gasteiger partial charge on any atom is -0.380 e. The number of hydrogen-bond acceptors (Lipinski definition) is 4. The number of benzene rings is 7. The molecule has 1 N–H and O–H groups in total. The van der Waals surface area contributed by atoms with E-state index in [1.807, 2.05) is 18.3 Å². The van der Waals surface area contributed by atoms with Gasteiger partial charge in [-0.1, -0.05) is 133 Å². The zero-order valence-corrected chi connectivity index (χ0v) is 29.7. The monoisotopic (exact) mass is 692 g/mol. The van der Waals surface area contributed by atoms with Crippen LogP contribution in [0.5, 0.6) is 0 Å². The van der Waals surface area contributed by atoms with Gasteiger partial charge in [0, 0.05) is 30.5 Å². The molecule has 10 rings (SSSR count). The topological polar surface area (TPSA) is 40.5 Å². The van der Waals surface area contributed by atoms with E-state index in [1.54, 1.807) is 0 Å². The highest BCUT2D eigenvalue weighted by Crippen LogP contribution is 2.49. The van der Waals surface area contributed by atoms with E-state index in [0.29, 0.717) is 6.54 Å². The molecule has 256 valence electrons. The first kappa shape index (κ1) is 31.7. The lowest BCUT2D eigenvalue weighted by molar-refractivity contribution is 0.884. The Morgan fingerprint density at radius 3 is 1.96 bits per heavy atom. The van der Waals surface area contributed by atoms with E-state index < -0.39 is 0 Å². The smallest absolute Gasteiger partial charge is 0.111 e. The third-order valence-electron chi connectivity index (χ3n) is 10.8. The maximum Gasteiger partial charge on any atom is 0.111 e. The van der Waals surface area contributed by atoms with E-state index in [1.165, 1.54) is 71.3 Å². The van der Waals surface area contributed by atoms with Gasteiger partial charge in [0.05, 0.1) is 17.1 Å². The lowest BCUT2D eigenvalue weighted by atomic mass is 9.84. The predicted molar refractivity (Wildman–Crippen MR) is 227 cm³/mol. The molecule has 8 aromatic rings. The Kier molecular flexibility index (Phi) is 7.73. The normalized spacial score (nSPS) is 13.9. The molecule has 7 aromatic carbocycles. The third-order valence-corrected chi connectivity index (χ3v) is 10.8. The number of rotatable bonds is 6. The van der Waals surface area contributed by atoms with Crippen LogP contribution in [0.1, 0.15) is 11.3 Å². The molecule has 0 saturated heterocycles. The summed E-state index contributed by atoms with van der Waals surface area (Å²) in [7, 11) is 0. The molecule has 0 aliphatic carbocycles. The van der Waals surface area contributed by atoms with Crippen LogP contribution in [0.3, 0.4) is 0 Å². The van der Waals surface area contributed by atoms with Crippen molar-refractivity contribution < 1.29 is 0 Å². The number of fused-ring (bicyclic) bond motifs is 6. The molecule has 0 spiro atoms. The van der Waals surface area contributed by atoms with E-state index >= 15 is 0 Å². The first-order valence-electron chi connectivity index (χ1n) is 18.4. The summed E-state index contributed by atoms with van der Waals surface area (Å²) in [5, 5.41) is 11.0. The number of pyridine rings is 1. The average Bonchev–Trinajstić information content (AvgIpc) is 3.24. The Labute approximate surface area is 314 Å². The fourth-order valence-electron chi connectivity index (χ4n) is 8.41. The Morgan fingerprint density at radius 1 is 0.630 bits per heavy atom. The summed E-state index contributed by atoms with van der Waals surface area (Å²) in [5.41, 5.74) is 13.1. The van der Waals surface area contributed by atoms with Gasteiger partial charge in [0.2, 0.25) is 0 Å². The van der Waals surface area contributed by atoms with Crippen LogP contribution in [-0.2, 0) is 6.54 Å². The molecular formula is C50H36N4. The second-order valence-electron chi connectivity index (χ2n) is 13.8. The molecule has 1 aromatic heterocycles. The SMILES string of the molecule is C=N/C(C1=CC=CCN1)=C(/c1ccccn1)N1Cc2ccccc2-c2cc(-c3c4ccccc4c(-c4ccc5ccccc5c4)c4ccccc34)ccc21. The van der Waals surface area contributed by atoms with E-state index in [4.69, 9.17) is 4.98 Å². The van der Waals surface area contributed by atoms with Crippen LogP contribution in [-0.4, -0.2) is 18.2 Å². The van der Waals surface area contributed by atoms with Crippen molar-refractivity contribution in [3.63, 3.8) is 0 Å². The molecule has 4 heteroatoms. The molecule has 0 saturated carbocycles. The Balaban J connectivity index is 1.22. The molecule has 4 nitrogen and oxygen atoms in total. The van der Waals surface area contributed by atoms with Crippen molar-refractivity contribution in [2.24, 2.45) is 4.99 Å². The van der Waals surface area contributed by atoms with Crippen molar-refractivity contribution in [1.29, 1.82) is 0 Å². The number of nitrogens with zero attached hydrogens (tertiary/aromatic N) is 3. The van der Waals surface area contributed by atoms with Gasteiger partial charge in [-0.3, -0.25) is 9.98 Å². The van der Waals surface area contributed by atoms with Gasteiger partial charge in [0.25, 0.3) is 0 Å².